The van der Waals surface area contributed by atoms with E-state index in [0.29, 0.717) is 6.61 Å². The number of rotatable bonds is 4. The molecule has 0 unspecified atom stereocenters. The first kappa shape index (κ1) is 14.6. The third kappa shape index (κ3) is 2.84. The number of ether oxygens (including phenoxy) is 1. The summed E-state index contributed by atoms with van der Waals surface area (Å²) < 4.78 is 8.10. The highest BCUT2D eigenvalue weighted by atomic mass is 16.5. The van der Waals surface area contributed by atoms with E-state index in [1.54, 1.807) is 0 Å². The second-order valence-corrected chi connectivity index (χ2v) is 5.90. The molecule has 0 spiro atoms. The summed E-state index contributed by atoms with van der Waals surface area (Å²) >= 11 is 0. The van der Waals surface area contributed by atoms with Gasteiger partial charge in [0.25, 0.3) is 0 Å². The van der Waals surface area contributed by atoms with Crippen LogP contribution in [-0.2, 0) is 6.54 Å². The fourth-order valence-corrected chi connectivity index (χ4v) is 2.74. The fraction of sp³-hybridized carbons (Fsp3) is 0.316. The van der Waals surface area contributed by atoms with Gasteiger partial charge in [0, 0.05) is 0 Å². The number of imidazole rings is 1. The van der Waals surface area contributed by atoms with Gasteiger partial charge in [-0.1, -0.05) is 12.1 Å². The number of hydrogen-bond acceptors (Lipinski definition) is 2. The quantitative estimate of drug-likeness (QED) is 0.715. The van der Waals surface area contributed by atoms with Gasteiger partial charge in [-0.25, -0.2) is 4.98 Å². The Balaban J connectivity index is 1.79. The summed E-state index contributed by atoms with van der Waals surface area (Å²) in [6.07, 6.45) is 0. The lowest BCUT2D eigenvalue weighted by Crippen LogP contribution is -2.09. The van der Waals surface area contributed by atoms with E-state index in [2.05, 4.69) is 61.5 Å². The Morgan fingerprint density at radius 3 is 2.55 bits per heavy atom. The van der Waals surface area contributed by atoms with E-state index < -0.39 is 0 Å². The summed E-state index contributed by atoms with van der Waals surface area (Å²) in [5.74, 6) is 1.96. The minimum atomic E-state index is 0.642. The van der Waals surface area contributed by atoms with Gasteiger partial charge >= 0.3 is 0 Å². The molecule has 0 aliphatic rings. The van der Waals surface area contributed by atoms with Crippen LogP contribution < -0.4 is 4.74 Å². The molecule has 0 amide bonds. The van der Waals surface area contributed by atoms with Gasteiger partial charge in [0.1, 0.15) is 18.2 Å². The molecular formula is C19H22N2O. The Labute approximate surface area is 131 Å². The van der Waals surface area contributed by atoms with Gasteiger partial charge in [-0.2, -0.15) is 0 Å². The lowest BCUT2D eigenvalue weighted by molar-refractivity contribution is 0.299. The molecule has 0 saturated carbocycles. The Bertz CT molecular complexity index is 818. The summed E-state index contributed by atoms with van der Waals surface area (Å²) in [7, 11) is 0. The molecule has 1 aromatic heterocycles. The molecular weight excluding hydrogens is 272 g/mol. The average Bonchev–Trinajstić information content (AvgIpc) is 2.75. The van der Waals surface area contributed by atoms with Crippen molar-refractivity contribution >= 4 is 11.0 Å². The van der Waals surface area contributed by atoms with Crippen LogP contribution >= 0.6 is 0 Å². The van der Waals surface area contributed by atoms with Crippen LogP contribution in [0.15, 0.2) is 36.4 Å². The average molecular weight is 294 g/mol. The van der Waals surface area contributed by atoms with Crippen molar-refractivity contribution in [3.8, 4) is 5.75 Å². The van der Waals surface area contributed by atoms with Crippen molar-refractivity contribution in [1.29, 1.82) is 0 Å². The third-order valence-corrected chi connectivity index (χ3v) is 4.13. The number of aryl methyl sites for hydroxylation is 4. The minimum Gasteiger partial charge on any atom is -0.492 e. The standard InChI is InChI=1S/C19H22N2O/c1-13-6-5-7-17(10-13)22-9-8-21-16(4)20-18-11-14(2)15(3)12-19(18)21/h5-7,10-12H,8-9H2,1-4H3. The van der Waals surface area contributed by atoms with Crippen LogP contribution in [0.25, 0.3) is 11.0 Å². The first-order valence-corrected chi connectivity index (χ1v) is 7.68. The molecule has 0 bridgehead atoms. The van der Waals surface area contributed by atoms with Gasteiger partial charge in [0.2, 0.25) is 0 Å². The summed E-state index contributed by atoms with van der Waals surface area (Å²) in [6.45, 7) is 9.85. The largest absolute Gasteiger partial charge is 0.492 e. The normalized spacial score (nSPS) is 11.1. The molecule has 3 heteroatoms. The van der Waals surface area contributed by atoms with Gasteiger partial charge in [-0.3, -0.25) is 0 Å². The lowest BCUT2D eigenvalue weighted by atomic mass is 10.1. The maximum atomic E-state index is 5.87. The molecule has 0 fully saturated rings. The van der Waals surface area contributed by atoms with Crippen molar-refractivity contribution in [2.75, 3.05) is 6.61 Å². The van der Waals surface area contributed by atoms with Crippen molar-refractivity contribution in [3.63, 3.8) is 0 Å². The van der Waals surface area contributed by atoms with E-state index in [1.165, 1.54) is 22.2 Å². The van der Waals surface area contributed by atoms with Crippen molar-refractivity contribution in [2.45, 2.75) is 34.2 Å². The summed E-state index contributed by atoms with van der Waals surface area (Å²) in [6, 6.07) is 12.5. The molecule has 0 radical (unpaired) electrons. The fourth-order valence-electron chi connectivity index (χ4n) is 2.74. The van der Waals surface area contributed by atoms with Gasteiger partial charge in [-0.15, -0.1) is 0 Å². The number of nitrogens with zero attached hydrogens (tertiary/aromatic N) is 2. The first-order valence-electron chi connectivity index (χ1n) is 7.68. The molecule has 0 atom stereocenters. The molecule has 1 heterocycles. The van der Waals surface area contributed by atoms with E-state index in [-0.39, 0.29) is 0 Å². The highest BCUT2D eigenvalue weighted by Crippen LogP contribution is 2.21. The van der Waals surface area contributed by atoms with Crippen LogP contribution in [0.1, 0.15) is 22.5 Å². The number of aromatic nitrogens is 2. The molecule has 3 aromatic rings. The second-order valence-electron chi connectivity index (χ2n) is 5.90. The van der Waals surface area contributed by atoms with Gasteiger partial charge in [-0.05, 0) is 68.7 Å². The summed E-state index contributed by atoms with van der Waals surface area (Å²) in [5.41, 5.74) is 6.05. The Morgan fingerprint density at radius 2 is 1.77 bits per heavy atom. The highest BCUT2D eigenvalue weighted by Gasteiger charge is 2.09. The maximum absolute atomic E-state index is 5.87. The van der Waals surface area contributed by atoms with Crippen LogP contribution in [0, 0.1) is 27.7 Å². The molecule has 0 saturated heterocycles. The van der Waals surface area contributed by atoms with Crippen molar-refractivity contribution in [2.24, 2.45) is 0 Å². The predicted octanol–water partition coefficient (Wildman–Crippen LogP) is 4.35. The zero-order valence-electron chi connectivity index (χ0n) is 13.7. The molecule has 0 N–H and O–H groups in total. The zero-order valence-corrected chi connectivity index (χ0v) is 13.7. The highest BCUT2D eigenvalue weighted by molar-refractivity contribution is 5.78. The Morgan fingerprint density at radius 1 is 1.00 bits per heavy atom. The van der Waals surface area contributed by atoms with E-state index in [9.17, 15) is 0 Å². The smallest absolute Gasteiger partial charge is 0.119 e. The van der Waals surface area contributed by atoms with Crippen LogP contribution in [0.4, 0.5) is 0 Å². The molecule has 2 aromatic carbocycles. The predicted molar refractivity (Wildman–Crippen MR) is 90.6 cm³/mol. The number of hydrogen-bond donors (Lipinski definition) is 0. The lowest BCUT2D eigenvalue weighted by Gasteiger charge is -2.10. The van der Waals surface area contributed by atoms with Gasteiger partial charge in [0.15, 0.2) is 0 Å². The van der Waals surface area contributed by atoms with Crippen LogP contribution in [-0.4, -0.2) is 16.2 Å². The molecule has 3 rings (SSSR count). The molecule has 22 heavy (non-hydrogen) atoms. The maximum Gasteiger partial charge on any atom is 0.119 e. The summed E-state index contributed by atoms with van der Waals surface area (Å²) in [4.78, 5) is 4.66. The van der Waals surface area contributed by atoms with E-state index >= 15 is 0 Å². The monoisotopic (exact) mass is 294 g/mol. The molecule has 0 aliphatic heterocycles. The van der Waals surface area contributed by atoms with Crippen molar-refractivity contribution in [3.05, 3.63) is 58.9 Å². The van der Waals surface area contributed by atoms with Gasteiger partial charge in [0.05, 0.1) is 17.6 Å². The molecule has 0 aliphatic carbocycles. The topological polar surface area (TPSA) is 27.1 Å². The van der Waals surface area contributed by atoms with Gasteiger partial charge < -0.3 is 9.30 Å². The van der Waals surface area contributed by atoms with Crippen molar-refractivity contribution < 1.29 is 4.74 Å². The summed E-state index contributed by atoms with van der Waals surface area (Å²) in [5, 5.41) is 0. The molecule has 3 nitrogen and oxygen atoms in total. The second kappa shape index (κ2) is 5.84. The Kier molecular flexibility index (Phi) is 3.88. The van der Waals surface area contributed by atoms with Crippen molar-refractivity contribution in [1.82, 2.24) is 9.55 Å². The number of fused-ring (bicyclic) bond motifs is 1. The van der Waals surface area contributed by atoms with Crippen LogP contribution in [0.5, 0.6) is 5.75 Å². The first-order chi connectivity index (χ1) is 10.5. The zero-order chi connectivity index (χ0) is 15.7. The molecule has 114 valence electrons. The Hall–Kier alpha value is -2.29. The van der Waals surface area contributed by atoms with E-state index in [1.807, 2.05) is 12.1 Å². The SMILES string of the molecule is Cc1cccc(OCCn2c(C)nc3cc(C)c(C)cc32)c1. The van der Waals surface area contributed by atoms with E-state index in [0.717, 1.165) is 23.6 Å². The van der Waals surface area contributed by atoms with Crippen LogP contribution in [0.3, 0.4) is 0 Å². The minimum absolute atomic E-state index is 0.642. The number of benzene rings is 2. The third-order valence-electron chi connectivity index (χ3n) is 4.13. The van der Waals surface area contributed by atoms with Crippen LogP contribution in [0.2, 0.25) is 0 Å². The van der Waals surface area contributed by atoms with E-state index in [4.69, 9.17) is 4.74 Å².